The number of rotatable bonds is 7. The summed E-state index contributed by atoms with van der Waals surface area (Å²) in [7, 11) is 0. The largest absolute Gasteiger partial charge is 0.392 e. The molecule has 2 heterocycles. The Kier molecular flexibility index (Phi) is 6.60. The summed E-state index contributed by atoms with van der Waals surface area (Å²) in [6, 6.07) is 13.0. The quantitative estimate of drug-likeness (QED) is 0.669. The molecule has 6 nitrogen and oxygen atoms in total. The normalized spacial score (nSPS) is 17.9. The minimum absolute atomic E-state index is 0.229. The number of carbonyl (C=O) groups is 2. The molecule has 2 aromatic rings. The molecule has 2 aromatic carbocycles. The van der Waals surface area contributed by atoms with Gasteiger partial charge in [-0.1, -0.05) is 42.8 Å². The molecule has 1 N–H and O–H groups in total. The van der Waals surface area contributed by atoms with Crippen LogP contribution in [-0.2, 0) is 6.42 Å². The number of anilines is 1. The van der Waals surface area contributed by atoms with Crippen LogP contribution >= 0.6 is 11.6 Å². The first-order valence-corrected chi connectivity index (χ1v) is 11.3. The van der Waals surface area contributed by atoms with Crippen LogP contribution in [-0.4, -0.2) is 72.1 Å². The van der Waals surface area contributed by atoms with E-state index >= 15 is 0 Å². The van der Waals surface area contributed by atoms with Crippen LogP contribution in [0.25, 0.3) is 0 Å². The number of hydrogen-bond acceptors (Lipinski definition) is 5. The average Bonchev–Trinajstić information content (AvgIpc) is 3.03. The number of hydrogen-bond donors (Lipinski definition) is 1. The van der Waals surface area contributed by atoms with Gasteiger partial charge >= 0.3 is 0 Å². The number of carbonyl (C=O) groups excluding carboxylic acids is 2. The molecule has 1 unspecified atom stereocenters. The van der Waals surface area contributed by atoms with Gasteiger partial charge < -0.3 is 10.0 Å². The summed E-state index contributed by atoms with van der Waals surface area (Å²) < 4.78 is 0. The van der Waals surface area contributed by atoms with E-state index in [0.717, 1.165) is 48.9 Å². The Balaban J connectivity index is 1.26. The summed E-state index contributed by atoms with van der Waals surface area (Å²) >= 11 is 6.57. The molecular formula is C24H28ClN3O3. The molecule has 2 aliphatic heterocycles. The van der Waals surface area contributed by atoms with Crippen molar-refractivity contribution >= 4 is 29.1 Å². The summed E-state index contributed by atoms with van der Waals surface area (Å²) in [4.78, 5) is 30.7. The van der Waals surface area contributed by atoms with E-state index in [4.69, 9.17) is 11.6 Å². The predicted molar refractivity (Wildman–Crippen MR) is 122 cm³/mol. The van der Waals surface area contributed by atoms with E-state index in [0.29, 0.717) is 24.1 Å². The number of aryl methyl sites for hydroxylation is 1. The summed E-state index contributed by atoms with van der Waals surface area (Å²) in [5.74, 6) is -0.541. The van der Waals surface area contributed by atoms with Crippen molar-refractivity contribution in [2.24, 2.45) is 0 Å². The fraction of sp³-hybridized carbons (Fsp3) is 0.417. The number of amides is 2. The van der Waals surface area contributed by atoms with Gasteiger partial charge in [-0.2, -0.15) is 0 Å². The SMILES string of the molecule is CCc1cccc(N2CCN(CC(O)CCN3C(=O)c4ccccc4C3=O)CC2)c1Cl. The van der Waals surface area contributed by atoms with Crippen LogP contribution in [0.3, 0.4) is 0 Å². The first kappa shape index (κ1) is 21.8. The first-order valence-electron chi connectivity index (χ1n) is 10.9. The van der Waals surface area contributed by atoms with E-state index < -0.39 is 6.10 Å². The maximum absolute atomic E-state index is 12.5. The molecular weight excluding hydrogens is 414 g/mol. The van der Waals surface area contributed by atoms with Gasteiger partial charge in [0.05, 0.1) is 27.9 Å². The smallest absolute Gasteiger partial charge is 0.261 e. The molecule has 0 radical (unpaired) electrons. The molecule has 4 rings (SSSR count). The van der Waals surface area contributed by atoms with Gasteiger partial charge in [0.15, 0.2) is 0 Å². The lowest BCUT2D eigenvalue weighted by Gasteiger charge is -2.37. The predicted octanol–water partition coefficient (Wildman–Crippen LogP) is 3.07. The number of benzene rings is 2. The summed E-state index contributed by atoms with van der Waals surface area (Å²) in [5.41, 5.74) is 3.13. The minimum atomic E-state index is -0.595. The highest BCUT2D eigenvalue weighted by Crippen LogP contribution is 2.30. The van der Waals surface area contributed by atoms with Crippen LogP contribution in [0.5, 0.6) is 0 Å². The highest BCUT2D eigenvalue weighted by atomic mass is 35.5. The van der Waals surface area contributed by atoms with Gasteiger partial charge in [-0.05, 0) is 36.6 Å². The minimum Gasteiger partial charge on any atom is -0.392 e. The van der Waals surface area contributed by atoms with E-state index in [1.54, 1.807) is 24.3 Å². The molecule has 2 aliphatic rings. The van der Waals surface area contributed by atoms with Gasteiger partial charge in [-0.15, -0.1) is 0 Å². The number of aliphatic hydroxyl groups is 1. The highest BCUT2D eigenvalue weighted by molar-refractivity contribution is 6.34. The van der Waals surface area contributed by atoms with E-state index in [1.165, 1.54) is 4.90 Å². The molecule has 0 bridgehead atoms. The lowest BCUT2D eigenvalue weighted by molar-refractivity contribution is 0.0590. The Morgan fingerprint density at radius 3 is 2.23 bits per heavy atom. The molecule has 0 aliphatic carbocycles. The van der Waals surface area contributed by atoms with Gasteiger partial charge in [0.25, 0.3) is 11.8 Å². The molecule has 0 aromatic heterocycles. The lowest BCUT2D eigenvalue weighted by Crippen LogP contribution is -2.49. The van der Waals surface area contributed by atoms with Crippen LogP contribution in [0, 0.1) is 0 Å². The zero-order valence-corrected chi connectivity index (χ0v) is 18.5. The Hall–Kier alpha value is -2.41. The number of aliphatic hydroxyl groups excluding tert-OH is 1. The molecule has 164 valence electrons. The number of nitrogens with zero attached hydrogens (tertiary/aromatic N) is 3. The molecule has 0 saturated carbocycles. The topological polar surface area (TPSA) is 64.1 Å². The summed E-state index contributed by atoms with van der Waals surface area (Å²) in [6.07, 6.45) is 0.685. The first-order chi connectivity index (χ1) is 15.0. The summed E-state index contributed by atoms with van der Waals surface area (Å²) in [6.45, 7) is 6.21. The fourth-order valence-electron chi connectivity index (χ4n) is 4.36. The van der Waals surface area contributed by atoms with Gasteiger partial charge in [-0.3, -0.25) is 19.4 Å². The van der Waals surface area contributed by atoms with Gasteiger partial charge in [0, 0.05) is 39.3 Å². The van der Waals surface area contributed by atoms with Crippen molar-refractivity contribution in [2.45, 2.75) is 25.9 Å². The number of halogens is 1. The molecule has 31 heavy (non-hydrogen) atoms. The molecule has 1 fully saturated rings. The Labute approximate surface area is 188 Å². The maximum atomic E-state index is 12.5. The average molecular weight is 442 g/mol. The van der Waals surface area contributed by atoms with E-state index in [2.05, 4.69) is 34.9 Å². The molecule has 1 atom stereocenters. The number of β-amino-alcohol motifs (C(OH)–C–C–N with tert-alkyl or cyclic N) is 1. The number of fused-ring (bicyclic) bond motifs is 1. The van der Waals surface area contributed by atoms with Crippen LogP contribution in [0.2, 0.25) is 5.02 Å². The Morgan fingerprint density at radius 1 is 0.968 bits per heavy atom. The molecule has 7 heteroatoms. The monoisotopic (exact) mass is 441 g/mol. The van der Waals surface area contributed by atoms with Crippen molar-refractivity contribution < 1.29 is 14.7 Å². The second-order valence-corrected chi connectivity index (χ2v) is 8.52. The fourth-order valence-corrected chi connectivity index (χ4v) is 4.74. The van der Waals surface area contributed by atoms with E-state index in [-0.39, 0.29) is 18.4 Å². The van der Waals surface area contributed by atoms with Crippen molar-refractivity contribution in [3.8, 4) is 0 Å². The molecule has 0 spiro atoms. The zero-order valence-electron chi connectivity index (χ0n) is 17.8. The standard InChI is InChI=1S/C24H28ClN3O3/c1-2-17-6-5-9-21(22(17)25)27-14-12-26(13-15-27)16-18(29)10-11-28-23(30)19-7-3-4-8-20(19)24(28)31/h3-9,18,29H,2,10-16H2,1H3. The van der Waals surface area contributed by atoms with Crippen LogP contribution < -0.4 is 4.90 Å². The second-order valence-electron chi connectivity index (χ2n) is 8.14. The van der Waals surface area contributed by atoms with Crippen LogP contribution in [0.1, 0.15) is 39.6 Å². The lowest BCUT2D eigenvalue weighted by atomic mass is 10.1. The highest BCUT2D eigenvalue weighted by Gasteiger charge is 2.35. The third-order valence-electron chi connectivity index (χ3n) is 6.19. The summed E-state index contributed by atoms with van der Waals surface area (Å²) in [5, 5.41) is 11.4. The van der Waals surface area contributed by atoms with E-state index in [9.17, 15) is 14.7 Å². The number of piperazine rings is 1. The van der Waals surface area contributed by atoms with E-state index in [1.807, 2.05) is 0 Å². The Bertz CT molecular complexity index is 937. The van der Waals surface area contributed by atoms with Crippen molar-refractivity contribution in [1.82, 2.24) is 9.80 Å². The second kappa shape index (κ2) is 9.39. The van der Waals surface area contributed by atoms with Gasteiger partial charge in [-0.25, -0.2) is 0 Å². The van der Waals surface area contributed by atoms with Crippen molar-refractivity contribution in [3.63, 3.8) is 0 Å². The Morgan fingerprint density at radius 2 is 1.61 bits per heavy atom. The van der Waals surface area contributed by atoms with Gasteiger partial charge in [0.2, 0.25) is 0 Å². The third-order valence-corrected chi connectivity index (χ3v) is 6.62. The van der Waals surface area contributed by atoms with Crippen molar-refractivity contribution in [3.05, 3.63) is 64.2 Å². The number of imide groups is 1. The maximum Gasteiger partial charge on any atom is 0.261 e. The van der Waals surface area contributed by atoms with Crippen LogP contribution in [0.15, 0.2) is 42.5 Å². The van der Waals surface area contributed by atoms with Crippen molar-refractivity contribution in [1.29, 1.82) is 0 Å². The molecule has 2 amide bonds. The third kappa shape index (κ3) is 4.47. The van der Waals surface area contributed by atoms with Crippen molar-refractivity contribution in [2.75, 3.05) is 44.2 Å². The zero-order chi connectivity index (χ0) is 22.0. The van der Waals surface area contributed by atoms with Crippen LogP contribution in [0.4, 0.5) is 5.69 Å². The molecule has 1 saturated heterocycles. The van der Waals surface area contributed by atoms with Gasteiger partial charge in [0.1, 0.15) is 0 Å².